The molecule has 0 saturated carbocycles. The first-order chi connectivity index (χ1) is 18.2. The molecule has 0 aliphatic carbocycles. The zero-order valence-electron chi connectivity index (χ0n) is 22.8. The van der Waals surface area contributed by atoms with Gasteiger partial charge in [0.05, 0.1) is 21.1 Å². The summed E-state index contributed by atoms with van der Waals surface area (Å²) in [4.78, 5) is 45.4. The number of hydrogen-bond donors (Lipinski definition) is 1. The summed E-state index contributed by atoms with van der Waals surface area (Å²) in [5.41, 5.74) is 1.44. The van der Waals surface area contributed by atoms with Crippen LogP contribution in [-0.2, 0) is 25.5 Å². The zero-order chi connectivity index (χ0) is 27.7. The van der Waals surface area contributed by atoms with E-state index in [9.17, 15) is 14.4 Å². The first-order valence-electron chi connectivity index (χ1n) is 13.6. The van der Waals surface area contributed by atoms with Gasteiger partial charge in [0.25, 0.3) is 0 Å². The molecular weight excluding hydrogens is 522 g/mol. The van der Waals surface area contributed by atoms with Crippen molar-refractivity contribution in [2.24, 2.45) is 11.8 Å². The van der Waals surface area contributed by atoms with Crippen molar-refractivity contribution in [1.29, 1.82) is 0 Å². The lowest BCUT2D eigenvalue weighted by atomic mass is 9.87. The monoisotopic (exact) mass is 561 g/mol. The number of likely N-dealkylation sites (N-methyl/N-ethyl adjacent to an activating group) is 1. The third-order valence-electron chi connectivity index (χ3n) is 7.27. The Morgan fingerprint density at radius 3 is 2.61 bits per heavy atom. The fourth-order valence-corrected chi connectivity index (χ4v) is 6.29. The second kappa shape index (κ2) is 14.9. The van der Waals surface area contributed by atoms with Gasteiger partial charge in [-0.05, 0) is 63.4 Å². The van der Waals surface area contributed by atoms with Crippen LogP contribution in [0, 0.1) is 11.8 Å². The van der Waals surface area contributed by atoms with Crippen LogP contribution in [0.15, 0.2) is 30.4 Å². The number of rotatable bonds is 15. The highest BCUT2D eigenvalue weighted by atomic mass is 35.5. The molecule has 2 aromatic rings. The van der Waals surface area contributed by atoms with Gasteiger partial charge in [0, 0.05) is 55.7 Å². The van der Waals surface area contributed by atoms with Gasteiger partial charge in [-0.15, -0.1) is 11.3 Å². The van der Waals surface area contributed by atoms with Crippen LogP contribution in [0.25, 0.3) is 10.2 Å². The van der Waals surface area contributed by atoms with Crippen LogP contribution >= 0.6 is 22.9 Å². The van der Waals surface area contributed by atoms with E-state index in [-0.39, 0.29) is 35.9 Å². The molecule has 1 aliphatic heterocycles. The lowest BCUT2D eigenvalue weighted by Gasteiger charge is -2.32. The second-order valence-corrected chi connectivity index (χ2v) is 11.7. The van der Waals surface area contributed by atoms with E-state index in [4.69, 9.17) is 16.3 Å². The second-order valence-electron chi connectivity index (χ2n) is 10.1. The minimum Gasteiger partial charge on any atom is -0.381 e. The quantitative estimate of drug-likeness (QED) is 0.299. The molecule has 0 unspecified atom stereocenters. The van der Waals surface area contributed by atoms with E-state index in [0.717, 1.165) is 41.2 Å². The topological polar surface area (TPSA) is 88.6 Å². The number of carbonyl (C=O) groups is 3. The van der Waals surface area contributed by atoms with Crippen LogP contribution in [0.3, 0.4) is 0 Å². The van der Waals surface area contributed by atoms with Gasteiger partial charge in [0.15, 0.2) is 5.78 Å². The maximum atomic E-state index is 13.6. The molecule has 1 fully saturated rings. The van der Waals surface area contributed by atoms with Crippen LogP contribution in [0.5, 0.6) is 0 Å². The van der Waals surface area contributed by atoms with E-state index in [1.807, 2.05) is 12.1 Å². The predicted molar refractivity (Wildman–Crippen MR) is 154 cm³/mol. The van der Waals surface area contributed by atoms with Gasteiger partial charge in [-0.1, -0.05) is 32.0 Å². The summed E-state index contributed by atoms with van der Waals surface area (Å²) in [5.74, 6) is -0.474. The van der Waals surface area contributed by atoms with E-state index in [2.05, 4.69) is 35.6 Å². The van der Waals surface area contributed by atoms with Gasteiger partial charge < -0.3 is 14.8 Å². The minimum absolute atomic E-state index is 0.0385. The fraction of sp³-hybridized carbons (Fsp3) is 0.586. The molecule has 1 amide bonds. The Morgan fingerprint density at radius 2 is 1.95 bits per heavy atom. The molecule has 208 valence electrons. The number of nitrogens with zero attached hydrogens (tertiary/aromatic N) is 2. The summed E-state index contributed by atoms with van der Waals surface area (Å²) in [6, 6.07) is 5.36. The van der Waals surface area contributed by atoms with Gasteiger partial charge in [-0.2, -0.15) is 0 Å². The Hall–Kier alpha value is -2.13. The fourth-order valence-electron chi connectivity index (χ4n) is 4.96. The molecule has 2 atom stereocenters. The van der Waals surface area contributed by atoms with Crippen LogP contribution in [0.1, 0.15) is 57.9 Å². The van der Waals surface area contributed by atoms with Gasteiger partial charge >= 0.3 is 0 Å². The Labute approximate surface area is 235 Å². The van der Waals surface area contributed by atoms with E-state index in [0.29, 0.717) is 49.6 Å². The van der Waals surface area contributed by atoms with Crippen molar-refractivity contribution in [3.8, 4) is 0 Å². The molecule has 3 rings (SSSR count). The summed E-state index contributed by atoms with van der Waals surface area (Å²) in [6.07, 6.45) is 3.05. The minimum atomic E-state index is -0.529. The smallest absolute Gasteiger partial charge is 0.224 e. The molecule has 1 aromatic heterocycles. The molecule has 1 aliphatic rings. The van der Waals surface area contributed by atoms with E-state index < -0.39 is 5.92 Å². The zero-order valence-corrected chi connectivity index (χ0v) is 24.3. The first kappa shape index (κ1) is 30.4. The molecular formula is C29H40ClN3O4S. The standard InChI is InChI=1S/C29H40ClN3O4S/c1-5-33(6-2)18-19(3)26(35)10-9-24(21-11-13-37-14-12-21)32-29(36)22(15-20(4)34)16-28-31-25-8-7-23(30)17-27(25)38-28/h7-8,17,21-22,24H,3,5-6,9-16,18H2,1-2,4H3,(H,32,36)/t22-,24+/m0/s1. The number of thiazole rings is 1. The van der Waals surface area contributed by atoms with Gasteiger partial charge in [0.2, 0.25) is 5.91 Å². The molecule has 38 heavy (non-hydrogen) atoms. The summed E-state index contributed by atoms with van der Waals surface area (Å²) in [7, 11) is 0. The van der Waals surface area contributed by atoms with Crippen LogP contribution in [-0.4, -0.2) is 66.2 Å². The van der Waals surface area contributed by atoms with Crippen LogP contribution in [0.4, 0.5) is 0 Å². The summed E-state index contributed by atoms with van der Waals surface area (Å²) >= 11 is 7.62. The number of ketones is 2. The molecule has 2 heterocycles. The summed E-state index contributed by atoms with van der Waals surface area (Å²) < 4.78 is 6.50. The SMILES string of the molecule is C=C(CN(CC)CC)C(=O)CC[C@@H](NC(=O)[C@@H](CC(C)=O)Cc1nc2ccc(Cl)cc2s1)C1CCOCC1. The number of benzene rings is 1. The normalized spacial score (nSPS) is 15.9. The lowest BCUT2D eigenvalue weighted by molar-refractivity contribution is -0.130. The average molecular weight is 562 g/mol. The lowest BCUT2D eigenvalue weighted by Crippen LogP contribution is -2.45. The maximum Gasteiger partial charge on any atom is 0.224 e. The molecule has 9 heteroatoms. The molecule has 0 radical (unpaired) electrons. The van der Waals surface area contributed by atoms with Crippen molar-refractivity contribution in [3.63, 3.8) is 0 Å². The molecule has 7 nitrogen and oxygen atoms in total. The predicted octanol–water partition coefficient (Wildman–Crippen LogP) is 5.25. The first-order valence-corrected chi connectivity index (χ1v) is 14.7. The highest BCUT2D eigenvalue weighted by molar-refractivity contribution is 7.18. The van der Waals surface area contributed by atoms with Crippen molar-refractivity contribution in [2.45, 2.75) is 65.3 Å². The number of ether oxygens (including phenoxy) is 1. The molecule has 0 spiro atoms. The van der Waals surface area contributed by atoms with Crippen LogP contribution < -0.4 is 5.32 Å². The van der Waals surface area contributed by atoms with E-state index in [1.165, 1.54) is 18.3 Å². The number of carbonyl (C=O) groups excluding carboxylic acids is 3. The van der Waals surface area contributed by atoms with Gasteiger partial charge in [0.1, 0.15) is 5.78 Å². The van der Waals surface area contributed by atoms with Crippen molar-refractivity contribution < 1.29 is 19.1 Å². The largest absolute Gasteiger partial charge is 0.381 e. The Balaban J connectivity index is 1.70. The summed E-state index contributed by atoms with van der Waals surface area (Å²) in [5, 5.41) is 4.67. The van der Waals surface area contributed by atoms with Crippen molar-refractivity contribution >= 4 is 50.6 Å². The number of Topliss-reactive ketones (excluding diaryl/α,β-unsaturated/α-hetero) is 2. The molecule has 1 aromatic carbocycles. The molecule has 1 saturated heterocycles. The third kappa shape index (κ3) is 8.97. The van der Waals surface area contributed by atoms with Crippen molar-refractivity contribution in [2.75, 3.05) is 32.8 Å². The molecule has 0 bridgehead atoms. The number of fused-ring (bicyclic) bond motifs is 1. The van der Waals surface area contributed by atoms with E-state index in [1.54, 1.807) is 6.07 Å². The third-order valence-corrected chi connectivity index (χ3v) is 8.54. The number of aromatic nitrogens is 1. The Morgan fingerprint density at radius 1 is 1.24 bits per heavy atom. The van der Waals surface area contributed by atoms with Crippen molar-refractivity contribution in [3.05, 3.63) is 40.4 Å². The molecule has 1 N–H and O–H groups in total. The number of hydrogen-bond acceptors (Lipinski definition) is 7. The van der Waals surface area contributed by atoms with Crippen molar-refractivity contribution in [1.82, 2.24) is 15.2 Å². The Bertz CT molecular complexity index is 1120. The van der Waals surface area contributed by atoms with Gasteiger partial charge in [-0.25, -0.2) is 4.98 Å². The summed E-state index contributed by atoms with van der Waals surface area (Å²) in [6.45, 7) is 13.2. The average Bonchev–Trinajstić information content (AvgIpc) is 3.30. The highest BCUT2D eigenvalue weighted by Crippen LogP contribution is 2.28. The van der Waals surface area contributed by atoms with Crippen LogP contribution in [0.2, 0.25) is 5.02 Å². The number of nitrogens with one attached hydrogen (secondary N) is 1. The number of halogens is 1. The van der Waals surface area contributed by atoms with E-state index >= 15 is 0 Å². The van der Waals surface area contributed by atoms with Gasteiger partial charge in [-0.3, -0.25) is 14.5 Å². The highest BCUT2D eigenvalue weighted by Gasteiger charge is 2.30. The Kier molecular flexibility index (Phi) is 11.9. The number of amides is 1. The maximum absolute atomic E-state index is 13.6.